The Kier molecular flexibility index (Phi) is 3.68. The third-order valence-corrected chi connectivity index (χ3v) is 3.56. The number of nitrogens with zero attached hydrogens (tertiary/aromatic N) is 2. The van der Waals surface area contributed by atoms with Crippen molar-refractivity contribution in [2.24, 2.45) is 5.92 Å². The molecule has 100 valence electrons. The van der Waals surface area contributed by atoms with E-state index in [9.17, 15) is 8.78 Å². The molecule has 0 amide bonds. The molecule has 2 atom stereocenters. The second-order valence-electron chi connectivity index (χ2n) is 5.05. The van der Waals surface area contributed by atoms with Gasteiger partial charge in [-0.05, 0) is 25.7 Å². The Bertz CT molecular complexity index is 436. The molecule has 1 saturated heterocycles. The van der Waals surface area contributed by atoms with Gasteiger partial charge in [-0.1, -0.05) is 6.92 Å². The Hall–Kier alpha value is -1.39. The Balaban J connectivity index is 2.32. The molecular weight excluding hydrogens is 236 g/mol. The van der Waals surface area contributed by atoms with E-state index in [0.717, 1.165) is 25.5 Å². The Morgan fingerprint density at radius 1 is 1.33 bits per heavy atom. The number of anilines is 2. The lowest BCUT2D eigenvalue weighted by molar-refractivity contribution is 0.372. The monoisotopic (exact) mass is 255 g/mol. The van der Waals surface area contributed by atoms with E-state index in [0.29, 0.717) is 5.92 Å². The highest BCUT2D eigenvalue weighted by atomic mass is 19.1. The molecule has 2 rings (SSSR count). The van der Waals surface area contributed by atoms with E-state index in [-0.39, 0.29) is 17.7 Å². The van der Waals surface area contributed by atoms with Crippen LogP contribution >= 0.6 is 0 Å². The van der Waals surface area contributed by atoms with Gasteiger partial charge in [-0.25, -0.2) is 13.8 Å². The van der Waals surface area contributed by atoms with Crippen LogP contribution in [0.3, 0.4) is 0 Å². The minimum absolute atomic E-state index is 0.0946. The molecular formula is C13H19F2N3. The molecule has 1 aromatic rings. The summed E-state index contributed by atoms with van der Waals surface area (Å²) in [5.74, 6) is -0.259. The summed E-state index contributed by atoms with van der Waals surface area (Å²) in [5.41, 5.74) is 0. The number of piperidine rings is 1. The Labute approximate surface area is 106 Å². The smallest absolute Gasteiger partial charge is 0.168 e. The predicted molar refractivity (Wildman–Crippen MR) is 68.9 cm³/mol. The summed E-state index contributed by atoms with van der Waals surface area (Å²) < 4.78 is 27.2. The molecule has 1 N–H and O–H groups in total. The van der Waals surface area contributed by atoms with Gasteiger partial charge in [0.05, 0.1) is 0 Å². The minimum Gasteiger partial charge on any atom is -0.371 e. The lowest BCUT2D eigenvalue weighted by Crippen LogP contribution is -2.41. The van der Waals surface area contributed by atoms with Crippen molar-refractivity contribution in [2.45, 2.75) is 32.7 Å². The van der Waals surface area contributed by atoms with E-state index in [2.05, 4.69) is 24.1 Å². The first-order valence-electron chi connectivity index (χ1n) is 6.33. The van der Waals surface area contributed by atoms with Crippen molar-refractivity contribution in [3.63, 3.8) is 0 Å². The largest absolute Gasteiger partial charge is 0.371 e. The lowest BCUT2D eigenvalue weighted by Gasteiger charge is -2.37. The van der Waals surface area contributed by atoms with E-state index >= 15 is 0 Å². The third kappa shape index (κ3) is 2.40. The second kappa shape index (κ2) is 5.08. The molecule has 1 aliphatic rings. The molecule has 18 heavy (non-hydrogen) atoms. The van der Waals surface area contributed by atoms with Crippen molar-refractivity contribution in [3.05, 3.63) is 17.7 Å². The number of nitrogens with one attached hydrogen (secondary N) is 1. The minimum atomic E-state index is -0.656. The highest BCUT2D eigenvalue weighted by molar-refractivity contribution is 5.50. The van der Waals surface area contributed by atoms with Gasteiger partial charge in [-0.3, -0.25) is 0 Å². The van der Waals surface area contributed by atoms with Gasteiger partial charge < -0.3 is 10.2 Å². The van der Waals surface area contributed by atoms with Crippen molar-refractivity contribution < 1.29 is 8.78 Å². The summed E-state index contributed by atoms with van der Waals surface area (Å²) >= 11 is 0. The molecule has 0 saturated carbocycles. The van der Waals surface area contributed by atoms with Gasteiger partial charge in [0.25, 0.3) is 0 Å². The predicted octanol–water partition coefficient (Wildman–Crippen LogP) is 3.03. The first kappa shape index (κ1) is 13.1. The van der Waals surface area contributed by atoms with Crippen LogP contribution < -0.4 is 10.2 Å². The highest BCUT2D eigenvalue weighted by Crippen LogP contribution is 2.29. The van der Waals surface area contributed by atoms with Crippen LogP contribution in [-0.4, -0.2) is 24.6 Å². The maximum Gasteiger partial charge on any atom is 0.168 e. The zero-order valence-corrected chi connectivity index (χ0v) is 11.0. The summed E-state index contributed by atoms with van der Waals surface area (Å²) in [4.78, 5) is 5.98. The molecule has 3 nitrogen and oxygen atoms in total. The molecule has 2 unspecified atom stereocenters. The van der Waals surface area contributed by atoms with Crippen molar-refractivity contribution >= 4 is 11.6 Å². The number of hydrogen-bond acceptors (Lipinski definition) is 3. The van der Waals surface area contributed by atoms with Crippen LogP contribution in [0.25, 0.3) is 0 Å². The summed E-state index contributed by atoms with van der Waals surface area (Å²) in [5, 5.41) is 2.65. The standard InChI is InChI=1S/C13H19F2N3/c1-8-4-5-18(9(2)6-8)13-11(15)7-10(14)12(16-3)17-13/h7-9H,4-6H2,1-3H3,(H,16,17). The summed E-state index contributed by atoms with van der Waals surface area (Å²) in [7, 11) is 1.58. The van der Waals surface area contributed by atoms with Crippen LogP contribution in [0.4, 0.5) is 20.4 Å². The van der Waals surface area contributed by atoms with E-state index in [4.69, 9.17) is 0 Å². The first-order chi connectivity index (χ1) is 8.52. The van der Waals surface area contributed by atoms with Crippen LogP contribution in [0, 0.1) is 17.6 Å². The first-order valence-corrected chi connectivity index (χ1v) is 6.33. The Morgan fingerprint density at radius 3 is 2.67 bits per heavy atom. The number of pyridine rings is 1. The fourth-order valence-corrected chi connectivity index (χ4v) is 2.56. The van der Waals surface area contributed by atoms with E-state index in [1.54, 1.807) is 7.05 Å². The fraction of sp³-hybridized carbons (Fsp3) is 0.615. The highest BCUT2D eigenvalue weighted by Gasteiger charge is 2.26. The van der Waals surface area contributed by atoms with Gasteiger partial charge in [0, 0.05) is 25.7 Å². The average molecular weight is 255 g/mol. The fourth-order valence-electron chi connectivity index (χ4n) is 2.56. The zero-order valence-electron chi connectivity index (χ0n) is 11.0. The molecule has 0 aromatic carbocycles. The van der Waals surface area contributed by atoms with E-state index in [1.165, 1.54) is 0 Å². The molecule has 1 fully saturated rings. The van der Waals surface area contributed by atoms with Crippen molar-refractivity contribution in [1.29, 1.82) is 0 Å². The van der Waals surface area contributed by atoms with E-state index in [1.807, 2.05) is 4.90 Å². The number of rotatable bonds is 2. The van der Waals surface area contributed by atoms with Crippen LogP contribution in [0.1, 0.15) is 26.7 Å². The van der Waals surface area contributed by atoms with Gasteiger partial charge in [0.1, 0.15) is 0 Å². The molecule has 1 aromatic heterocycles. The van der Waals surface area contributed by atoms with Crippen LogP contribution in [0.5, 0.6) is 0 Å². The summed E-state index contributed by atoms with van der Waals surface area (Å²) in [6, 6.07) is 1.13. The SMILES string of the molecule is CNc1nc(N2CCC(C)CC2C)c(F)cc1F. The lowest BCUT2D eigenvalue weighted by atomic mass is 9.93. The molecule has 1 aliphatic heterocycles. The molecule has 5 heteroatoms. The topological polar surface area (TPSA) is 28.2 Å². The van der Waals surface area contributed by atoms with Crippen molar-refractivity contribution in [3.8, 4) is 0 Å². The molecule has 0 aliphatic carbocycles. The van der Waals surface area contributed by atoms with Crippen LogP contribution in [-0.2, 0) is 0 Å². The quantitative estimate of drug-likeness (QED) is 0.880. The average Bonchev–Trinajstić information content (AvgIpc) is 2.30. The van der Waals surface area contributed by atoms with Gasteiger partial charge in [0.2, 0.25) is 0 Å². The van der Waals surface area contributed by atoms with Crippen LogP contribution in [0.2, 0.25) is 0 Å². The molecule has 0 bridgehead atoms. The third-order valence-electron chi connectivity index (χ3n) is 3.56. The van der Waals surface area contributed by atoms with Crippen LogP contribution in [0.15, 0.2) is 6.07 Å². The normalized spacial score (nSPS) is 24.2. The Morgan fingerprint density at radius 2 is 2.06 bits per heavy atom. The van der Waals surface area contributed by atoms with Gasteiger partial charge >= 0.3 is 0 Å². The summed E-state index contributed by atoms with van der Waals surface area (Å²) in [6.45, 7) is 5.02. The van der Waals surface area contributed by atoms with Crippen molar-refractivity contribution in [2.75, 3.05) is 23.8 Å². The second-order valence-corrected chi connectivity index (χ2v) is 5.05. The van der Waals surface area contributed by atoms with E-state index < -0.39 is 11.6 Å². The zero-order chi connectivity index (χ0) is 13.3. The maximum absolute atomic E-state index is 13.8. The maximum atomic E-state index is 13.8. The van der Waals surface area contributed by atoms with Gasteiger partial charge in [-0.15, -0.1) is 0 Å². The number of hydrogen-bond donors (Lipinski definition) is 1. The van der Waals surface area contributed by atoms with Gasteiger partial charge in [-0.2, -0.15) is 0 Å². The molecule has 0 radical (unpaired) electrons. The number of aromatic nitrogens is 1. The van der Waals surface area contributed by atoms with Gasteiger partial charge in [0.15, 0.2) is 23.3 Å². The molecule has 2 heterocycles. The molecule has 0 spiro atoms. The van der Waals surface area contributed by atoms with Crippen molar-refractivity contribution in [1.82, 2.24) is 4.98 Å². The summed E-state index contributed by atoms with van der Waals surface area (Å²) in [6.07, 6.45) is 2.02. The number of halogens is 2.